The number of esters is 1. The molecule has 0 atom stereocenters. The Hall–Kier alpha value is -4.84. The summed E-state index contributed by atoms with van der Waals surface area (Å²) < 4.78 is 11.2. The number of ether oxygens (including phenoxy) is 2. The number of nitrogens with two attached hydrogens (primary N) is 2. The highest BCUT2D eigenvalue weighted by Crippen LogP contribution is 2.18. The largest absolute Gasteiger partial charge is 0.494 e. The van der Waals surface area contributed by atoms with Crippen LogP contribution in [0, 0.1) is 0 Å². The molecule has 41 heavy (non-hydrogen) atoms. The van der Waals surface area contributed by atoms with Crippen molar-refractivity contribution in [1.29, 1.82) is 0 Å². The lowest BCUT2D eigenvalue weighted by Crippen LogP contribution is -2.08. The van der Waals surface area contributed by atoms with Crippen molar-refractivity contribution < 1.29 is 19.1 Å². The number of anilines is 2. The first-order valence-electron chi connectivity index (χ1n) is 13.9. The molecule has 0 spiro atoms. The number of rotatable bonds is 14. The van der Waals surface area contributed by atoms with Crippen LogP contribution in [-0.2, 0) is 11.2 Å². The van der Waals surface area contributed by atoms with Crippen molar-refractivity contribution in [2.45, 2.75) is 32.1 Å². The zero-order chi connectivity index (χ0) is 28.9. The number of benzene rings is 4. The van der Waals surface area contributed by atoms with Gasteiger partial charge in [-0.25, -0.2) is 4.79 Å². The molecule has 6 heteroatoms. The van der Waals surface area contributed by atoms with Crippen LogP contribution < -0.4 is 16.2 Å². The normalized spacial score (nSPS) is 10.9. The molecule has 6 nitrogen and oxygen atoms in total. The van der Waals surface area contributed by atoms with Gasteiger partial charge in [0.15, 0.2) is 5.78 Å². The van der Waals surface area contributed by atoms with Crippen LogP contribution in [-0.4, -0.2) is 25.0 Å². The molecule has 4 N–H and O–H groups in total. The second kappa shape index (κ2) is 15.1. The van der Waals surface area contributed by atoms with Crippen LogP contribution in [0.1, 0.15) is 63.1 Å². The fourth-order valence-electron chi connectivity index (χ4n) is 4.35. The maximum atomic E-state index is 12.2. The van der Waals surface area contributed by atoms with E-state index < -0.39 is 5.97 Å². The molecule has 0 saturated heterocycles. The van der Waals surface area contributed by atoms with Crippen molar-refractivity contribution in [3.05, 3.63) is 131 Å². The molecule has 0 fully saturated rings. The Kier molecular flexibility index (Phi) is 10.7. The Balaban J connectivity index is 1.10. The van der Waals surface area contributed by atoms with Crippen molar-refractivity contribution in [2.75, 3.05) is 24.7 Å². The molecule has 210 valence electrons. The van der Waals surface area contributed by atoms with Crippen LogP contribution in [0.4, 0.5) is 11.4 Å². The summed E-state index contributed by atoms with van der Waals surface area (Å²) in [5.74, 6) is 0.446. The lowest BCUT2D eigenvalue weighted by atomic mass is 10.0. The highest BCUT2D eigenvalue weighted by atomic mass is 16.5. The SMILES string of the molecule is Nc1cc(N)cc(C(=O)OCCCCCCOc2ccc(Cc3ccc(/C=C/C(=O)c4ccccc4)cc3)cc2)c1. The summed E-state index contributed by atoms with van der Waals surface area (Å²) in [5.41, 5.74) is 16.8. The van der Waals surface area contributed by atoms with Gasteiger partial charge in [-0.1, -0.05) is 72.8 Å². The Morgan fingerprint density at radius 2 is 1.27 bits per heavy atom. The summed E-state index contributed by atoms with van der Waals surface area (Å²) in [6.45, 7) is 1.01. The maximum Gasteiger partial charge on any atom is 0.338 e. The van der Waals surface area contributed by atoms with E-state index in [1.165, 1.54) is 11.1 Å². The van der Waals surface area contributed by atoms with Crippen LogP contribution >= 0.6 is 0 Å². The van der Waals surface area contributed by atoms with E-state index in [2.05, 4.69) is 24.3 Å². The van der Waals surface area contributed by atoms with E-state index in [-0.39, 0.29) is 5.78 Å². The zero-order valence-corrected chi connectivity index (χ0v) is 23.1. The molecule has 0 aliphatic heterocycles. The van der Waals surface area contributed by atoms with Gasteiger partial charge in [0.05, 0.1) is 18.8 Å². The first kappa shape index (κ1) is 29.2. The molecule has 0 saturated carbocycles. The van der Waals surface area contributed by atoms with Gasteiger partial charge in [-0.05, 0) is 85.2 Å². The average molecular weight is 549 g/mol. The highest BCUT2D eigenvalue weighted by molar-refractivity contribution is 6.06. The Morgan fingerprint density at radius 1 is 0.659 bits per heavy atom. The first-order chi connectivity index (χ1) is 20.0. The number of hydrogen-bond acceptors (Lipinski definition) is 6. The monoisotopic (exact) mass is 548 g/mol. The van der Waals surface area contributed by atoms with E-state index in [9.17, 15) is 9.59 Å². The van der Waals surface area contributed by atoms with E-state index in [0.717, 1.165) is 43.4 Å². The van der Waals surface area contributed by atoms with Gasteiger partial charge in [-0.2, -0.15) is 0 Å². The quantitative estimate of drug-likeness (QED) is 0.0571. The smallest absolute Gasteiger partial charge is 0.338 e. The lowest BCUT2D eigenvalue weighted by Gasteiger charge is -2.08. The van der Waals surface area contributed by atoms with Gasteiger partial charge in [-0.15, -0.1) is 0 Å². The molecular weight excluding hydrogens is 512 g/mol. The summed E-state index contributed by atoms with van der Waals surface area (Å²) >= 11 is 0. The minimum Gasteiger partial charge on any atom is -0.494 e. The Bertz CT molecular complexity index is 1430. The Labute approximate surface area is 241 Å². The van der Waals surface area contributed by atoms with Gasteiger partial charge in [0.2, 0.25) is 0 Å². The van der Waals surface area contributed by atoms with Crippen molar-refractivity contribution in [1.82, 2.24) is 0 Å². The molecule has 0 radical (unpaired) electrons. The summed E-state index contributed by atoms with van der Waals surface area (Å²) in [6, 6.07) is 30.4. The molecule has 4 rings (SSSR count). The molecule has 0 aromatic heterocycles. The van der Waals surface area contributed by atoms with E-state index in [1.807, 2.05) is 60.7 Å². The van der Waals surface area contributed by atoms with Crippen molar-refractivity contribution >= 4 is 29.2 Å². The van der Waals surface area contributed by atoms with E-state index >= 15 is 0 Å². The summed E-state index contributed by atoms with van der Waals surface area (Å²) in [4.78, 5) is 24.4. The molecule has 0 amide bonds. The van der Waals surface area contributed by atoms with E-state index in [1.54, 1.807) is 24.3 Å². The number of unbranched alkanes of at least 4 members (excludes halogenated alkanes) is 3. The topological polar surface area (TPSA) is 105 Å². The van der Waals surface area contributed by atoms with Crippen molar-refractivity contribution in [3.63, 3.8) is 0 Å². The molecule has 4 aromatic rings. The fourth-order valence-corrected chi connectivity index (χ4v) is 4.35. The van der Waals surface area contributed by atoms with E-state index in [0.29, 0.717) is 35.7 Å². The first-order valence-corrected chi connectivity index (χ1v) is 13.9. The fraction of sp³-hybridized carbons (Fsp3) is 0.200. The van der Waals surface area contributed by atoms with Gasteiger partial charge < -0.3 is 20.9 Å². The van der Waals surface area contributed by atoms with Gasteiger partial charge in [0.1, 0.15) is 5.75 Å². The zero-order valence-electron chi connectivity index (χ0n) is 23.1. The third kappa shape index (κ3) is 9.69. The number of carbonyl (C=O) groups is 2. The second-order valence-corrected chi connectivity index (χ2v) is 9.91. The van der Waals surface area contributed by atoms with Crippen LogP contribution in [0.5, 0.6) is 5.75 Å². The van der Waals surface area contributed by atoms with Gasteiger partial charge in [-0.3, -0.25) is 4.79 Å². The number of hydrogen-bond donors (Lipinski definition) is 2. The van der Waals surface area contributed by atoms with Gasteiger partial charge in [0, 0.05) is 16.9 Å². The van der Waals surface area contributed by atoms with E-state index in [4.69, 9.17) is 20.9 Å². The summed E-state index contributed by atoms with van der Waals surface area (Å²) in [7, 11) is 0. The molecule has 0 unspecified atom stereocenters. The molecule has 4 aromatic carbocycles. The van der Waals surface area contributed by atoms with Crippen LogP contribution in [0.3, 0.4) is 0 Å². The number of nitrogen functional groups attached to an aromatic ring is 2. The Morgan fingerprint density at radius 3 is 1.93 bits per heavy atom. The van der Waals surface area contributed by atoms with Crippen LogP contribution in [0.25, 0.3) is 6.08 Å². The molecular formula is C35H36N2O4. The second-order valence-electron chi connectivity index (χ2n) is 9.91. The average Bonchev–Trinajstić information content (AvgIpc) is 2.98. The van der Waals surface area contributed by atoms with Crippen LogP contribution in [0.2, 0.25) is 0 Å². The number of carbonyl (C=O) groups excluding carboxylic acids is 2. The molecule has 0 aliphatic carbocycles. The lowest BCUT2D eigenvalue weighted by molar-refractivity contribution is 0.0497. The summed E-state index contributed by atoms with van der Waals surface area (Å²) in [6.07, 6.45) is 7.95. The predicted octanol–water partition coefficient (Wildman–Crippen LogP) is 7.13. The van der Waals surface area contributed by atoms with Crippen molar-refractivity contribution in [3.8, 4) is 5.75 Å². The summed E-state index contributed by atoms with van der Waals surface area (Å²) in [5, 5.41) is 0. The number of ketones is 1. The number of allylic oxidation sites excluding steroid dienone is 1. The maximum absolute atomic E-state index is 12.2. The third-order valence-corrected chi connectivity index (χ3v) is 6.55. The predicted molar refractivity (Wildman–Crippen MR) is 165 cm³/mol. The molecule has 0 aliphatic rings. The van der Waals surface area contributed by atoms with Crippen LogP contribution in [0.15, 0.2) is 103 Å². The molecule has 0 heterocycles. The molecule has 0 bridgehead atoms. The third-order valence-electron chi connectivity index (χ3n) is 6.55. The standard InChI is InChI=1S/C35H36N2O4/c36-31-23-30(24-32(37)25-31)35(39)41-21-7-2-1-6-20-40-33-17-14-28(15-18-33)22-27-12-10-26(11-13-27)16-19-34(38)29-8-4-3-5-9-29/h3-5,8-19,23-25H,1-2,6-7,20-22,36-37H2/b19-16+. The minimum absolute atomic E-state index is 0.00278. The van der Waals surface area contributed by atoms with Gasteiger partial charge in [0.25, 0.3) is 0 Å². The van der Waals surface area contributed by atoms with Gasteiger partial charge >= 0.3 is 5.97 Å². The minimum atomic E-state index is -0.405. The van der Waals surface area contributed by atoms with Crippen molar-refractivity contribution in [2.24, 2.45) is 0 Å². The highest BCUT2D eigenvalue weighted by Gasteiger charge is 2.08.